The second-order valence-corrected chi connectivity index (χ2v) is 9.26. The van der Waals surface area contributed by atoms with Gasteiger partial charge in [0, 0.05) is 24.7 Å². The molecule has 2 aromatic rings. The first-order valence-corrected chi connectivity index (χ1v) is 11.3. The summed E-state index contributed by atoms with van der Waals surface area (Å²) in [5.74, 6) is -0.962. The van der Waals surface area contributed by atoms with Gasteiger partial charge in [0.1, 0.15) is 17.3 Å². The number of aliphatic carboxylic acids is 1. The monoisotopic (exact) mass is 481 g/mol. The van der Waals surface area contributed by atoms with Crippen LogP contribution in [0.3, 0.4) is 0 Å². The Morgan fingerprint density at radius 2 is 1.86 bits per heavy atom. The zero-order chi connectivity index (χ0) is 25.9. The molecule has 0 aliphatic carbocycles. The van der Waals surface area contributed by atoms with Crippen LogP contribution in [0.15, 0.2) is 30.3 Å². The molecule has 9 heteroatoms. The molecule has 1 aliphatic rings. The van der Waals surface area contributed by atoms with Crippen LogP contribution in [0.5, 0.6) is 11.5 Å². The molecule has 186 valence electrons. The van der Waals surface area contributed by atoms with Crippen molar-refractivity contribution < 1.29 is 29.0 Å². The minimum absolute atomic E-state index is 0.107. The highest BCUT2D eigenvalue weighted by Gasteiger charge is 2.31. The summed E-state index contributed by atoms with van der Waals surface area (Å²) in [6, 6.07) is 8.53. The summed E-state index contributed by atoms with van der Waals surface area (Å²) in [5.41, 5.74) is 2.28. The van der Waals surface area contributed by atoms with E-state index >= 15 is 0 Å². The molecule has 2 aromatic carbocycles. The van der Waals surface area contributed by atoms with Crippen molar-refractivity contribution in [2.45, 2.75) is 39.7 Å². The maximum absolute atomic E-state index is 13.4. The number of carboxylic acids is 1. The number of hydrogen-bond acceptors (Lipinski definition) is 6. The summed E-state index contributed by atoms with van der Waals surface area (Å²) in [5, 5.41) is 20.3. The first kappa shape index (κ1) is 25.7. The van der Waals surface area contributed by atoms with E-state index in [9.17, 15) is 14.4 Å². The number of ketones is 1. The van der Waals surface area contributed by atoms with E-state index in [1.807, 2.05) is 33.8 Å². The van der Waals surface area contributed by atoms with Crippen molar-refractivity contribution in [3.8, 4) is 11.5 Å². The Hall–Kier alpha value is -3.88. The van der Waals surface area contributed by atoms with E-state index in [1.165, 1.54) is 7.05 Å². The molecule has 9 nitrogen and oxygen atoms in total. The number of fused-ring (bicyclic) bond motifs is 1. The van der Waals surface area contributed by atoms with Crippen LogP contribution in [-0.2, 0) is 16.8 Å². The number of nitrogens with one attached hydrogen (secondary N) is 2. The fourth-order valence-electron chi connectivity index (χ4n) is 4.05. The van der Waals surface area contributed by atoms with Gasteiger partial charge in [-0.15, -0.1) is 0 Å². The largest absolute Gasteiger partial charge is 0.493 e. The maximum Gasteiger partial charge on any atom is 0.341 e. The smallest absolute Gasteiger partial charge is 0.341 e. The van der Waals surface area contributed by atoms with Gasteiger partial charge in [0.25, 0.3) is 5.91 Å². The van der Waals surface area contributed by atoms with E-state index in [2.05, 4.69) is 5.32 Å². The van der Waals surface area contributed by atoms with E-state index in [1.54, 1.807) is 29.2 Å². The molecule has 0 saturated heterocycles. The van der Waals surface area contributed by atoms with Crippen molar-refractivity contribution in [1.82, 2.24) is 10.2 Å². The molecular weight excluding hydrogens is 450 g/mol. The number of carboxylic acid groups (broad SMARTS) is 1. The van der Waals surface area contributed by atoms with Gasteiger partial charge < -0.3 is 24.8 Å². The molecule has 0 spiro atoms. The quantitative estimate of drug-likeness (QED) is 0.469. The summed E-state index contributed by atoms with van der Waals surface area (Å²) in [7, 11) is 1.53. The van der Waals surface area contributed by atoms with E-state index in [0.29, 0.717) is 30.0 Å². The minimum atomic E-state index is -1.14. The molecule has 0 unspecified atom stereocenters. The zero-order valence-corrected chi connectivity index (χ0v) is 20.7. The van der Waals surface area contributed by atoms with Gasteiger partial charge in [0.05, 0.1) is 24.3 Å². The molecule has 1 heterocycles. The normalized spacial score (nSPS) is 12.8. The van der Waals surface area contributed by atoms with Crippen molar-refractivity contribution in [2.24, 2.45) is 0 Å². The third-order valence-corrected chi connectivity index (χ3v) is 5.71. The number of carbonyl (C=O) groups excluding carboxylic acids is 2. The number of Topliss-reactive ketones (excluding diaryl/α,β-unsaturated/α-hetero) is 1. The molecule has 1 aliphatic heterocycles. The van der Waals surface area contributed by atoms with Gasteiger partial charge in [-0.2, -0.15) is 0 Å². The van der Waals surface area contributed by atoms with Crippen molar-refractivity contribution in [3.05, 3.63) is 58.1 Å². The number of rotatable bonds is 9. The molecule has 3 rings (SSSR count). The Bertz CT molecular complexity index is 1180. The summed E-state index contributed by atoms with van der Waals surface area (Å²) in [6.45, 7) is 7.70. The fourth-order valence-corrected chi connectivity index (χ4v) is 4.05. The number of carbonyl (C=O) groups is 3. The molecule has 35 heavy (non-hydrogen) atoms. The predicted molar refractivity (Wildman–Crippen MR) is 131 cm³/mol. The van der Waals surface area contributed by atoms with Crippen molar-refractivity contribution in [2.75, 3.05) is 26.8 Å². The molecule has 0 saturated carbocycles. The van der Waals surface area contributed by atoms with Gasteiger partial charge in [0.2, 0.25) is 0 Å². The SMILES string of the molecule is CCOc1cc2c(cc1C(=O)NC)C(=N)N(CC(=O)c1cccc(C(C)(C)C)c1OCC(=O)O)C2. The molecule has 3 N–H and O–H groups in total. The number of amides is 1. The maximum atomic E-state index is 13.4. The Balaban J connectivity index is 1.92. The minimum Gasteiger partial charge on any atom is -0.493 e. The highest BCUT2D eigenvalue weighted by molar-refractivity contribution is 6.08. The van der Waals surface area contributed by atoms with Crippen LogP contribution in [-0.4, -0.2) is 60.3 Å². The molecule has 0 aromatic heterocycles. The Morgan fingerprint density at radius 1 is 1.14 bits per heavy atom. The first-order valence-electron chi connectivity index (χ1n) is 11.3. The van der Waals surface area contributed by atoms with Gasteiger partial charge in [-0.25, -0.2) is 4.79 Å². The lowest BCUT2D eigenvalue weighted by Gasteiger charge is -2.25. The predicted octanol–water partition coefficient (Wildman–Crippen LogP) is 3.23. The van der Waals surface area contributed by atoms with Gasteiger partial charge in [-0.1, -0.05) is 32.9 Å². The van der Waals surface area contributed by atoms with Crippen LogP contribution in [0.1, 0.15) is 65.1 Å². The van der Waals surface area contributed by atoms with E-state index in [0.717, 1.165) is 11.1 Å². The van der Waals surface area contributed by atoms with E-state index < -0.39 is 12.6 Å². The summed E-state index contributed by atoms with van der Waals surface area (Å²) >= 11 is 0. The van der Waals surface area contributed by atoms with Crippen LogP contribution in [0.25, 0.3) is 0 Å². The number of benzene rings is 2. The summed E-state index contributed by atoms with van der Waals surface area (Å²) < 4.78 is 11.2. The molecule has 1 amide bonds. The molecule has 0 fully saturated rings. The van der Waals surface area contributed by atoms with Gasteiger partial charge >= 0.3 is 5.97 Å². The van der Waals surface area contributed by atoms with Crippen molar-refractivity contribution in [3.63, 3.8) is 0 Å². The lowest BCUT2D eigenvalue weighted by molar-refractivity contribution is -0.139. The molecular formula is C26H31N3O6. The Labute approximate surface area is 204 Å². The first-order chi connectivity index (χ1) is 16.5. The number of hydrogen-bond donors (Lipinski definition) is 3. The van der Waals surface area contributed by atoms with E-state index in [-0.39, 0.29) is 40.8 Å². The lowest BCUT2D eigenvalue weighted by atomic mass is 9.84. The topological polar surface area (TPSA) is 129 Å². The molecule has 0 bridgehead atoms. The van der Waals surface area contributed by atoms with Crippen molar-refractivity contribution in [1.29, 1.82) is 5.41 Å². The Kier molecular flexibility index (Phi) is 7.48. The summed E-state index contributed by atoms with van der Waals surface area (Å²) in [4.78, 5) is 38.5. The number of nitrogens with zero attached hydrogens (tertiary/aromatic N) is 1. The third-order valence-electron chi connectivity index (χ3n) is 5.71. The highest BCUT2D eigenvalue weighted by Crippen LogP contribution is 2.35. The third kappa shape index (κ3) is 5.45. The zero-order valence-electron chi connectivity index (χ0n) is 20.7. The van der Waals surface area contributed by atoms with Crippen LogP contribution in [0.4, 0.5) is 0 Å². The fraction of sp³-hybridized carbons (Fsp3) is 0.385. The molecule has 0 radical (unpaired) electrons. The summed E-state index contributed by atoms with van der Waals surface area (Å²) in [6.07, 6.45) is 0. The lowest BCUT2D eigenvalue weighted by Crippen LogP contribution is -2.31. The van der Waals surface area contributed by atoms with Gasteiger partial charge in [-0.05, 0) is 36.1 Å². The standard InChI is InChI=1S/C26H31N3O6/c1-6-34-21-10-15-12-29(24(27)17(15)11-18(21)25(33)28-5)13-20(30)16-8-7-9-19(26(2,3)4)23(16)35-14-22(31)32/h7-11,27H,6,12-14H2,1-5H3,(H,28,33)(H,31,32). The average Bonchev–Trinajstić information content (AvgIpc) is 3.10. The van der Waals surface area contributed by atoms with Crippen LogP contribution >= 0.6 is 0 Å². The van der Waals surface area contributed by atoms with Gasteiger partial charge in [0.15, 0.2) is 12.4 Å². The number of para-hydroxylation sites is 1. The van der Waals surface area contributed by atoms with Crippen molar-refractivity contribution >= 4 is 23.5 Å². The molecule has 0 atom stereocenters. The van der Waals surface area contributed by atoms with Crippen LogP contribution < -0.4 is 14.8 Å². The van der Waals surface area contributed by atoms with E-state index in [4.69, 9.17) is 20.0 Å². The highest BCUT2D eigenvalue weighted by atomic mass is 16.5. The number of amidine groups is 1. The second-order valence-electron chi connectivity index (χ2n) is 9.26. The van der Waals surface area contributed by atoms with Gasteiger partial charge in [-0.3, -0.25) is 15.0 Å². The van der Waals surface area contributed by atoms with Crippen LogP contribution in [0, 0.1) is 5.41 Å². The second kappa shape index (κ2) is 10.2. The van der Waals surface area contributed by atoms with Crippen LogP contribution in [0.2, 0.25) is 0 Å². The number of ether oxygens (including phenoxy) is 2. The Morgan fingerprint density at radius 3 is 2.46 bits per heavy atom. The average molecular weight is 482 g/mol.